The van der Waals surface area contributed by atoms with Crippen molar-refractivity contribution >= 4 is 39.3 Å². The topological polar surface area (TPSA) is 81.1 Å². The van der Waals surface area contributed by atoms with Crippen LogP contribution in [0.1, 0.15) is 30.1 Å². The third-order valence-corrected chi connectivity index (χ3v) is 6.71. The zero-order valence-electron chi connectivity index (χ0n) is 12.2. The minimum Gasteiger partial charge on any atom is -0.352 e. The van der Waals surface area contributed by atoms with E-state index in [0.717, 1.165) is 16.8 Å². The fraction of sp³-hybridized carbons (Fsp3) is 0.286. The lowest BCUT2D eigenvalue weighted by Gasteiger charge is -2.19. The number of imidazole rings is 1. The molecule has 0 radical (unpaired) electrons. The summed E-state index contributed by atoms with van der Waals surface area (Å²) in [6.07, 6.45) is 4.61. The Labute approximate surface area is 143 Å². The van der Waals surface area contributed by atoms with Gasteiger partial charge in [0.05, 0.1) is 10.6 Å². The van der Waals surface area contributed by atoms with Crippen LogP contribution in [0, 0.1) is 0 Å². The molecule has 6 nitrogen and oxygen atoms in total. The smallest absolute Gasteiger partial charge is 0.270 e. The number of unbranched alkanes of at least 4 members (excludes halogenated alkanes) is 1. The molecule has 1 amide bonds. The molecule has 1 aromatic heterocycles. The Balaban J connectivity index is 2.02. The average molecular weight is 372 g/mol. The molecule has 0 unspecified atom stereocenters. The Bertz CT molecular complexity index is 877. The summed E-state index contributed by atoms with van der Waals surface area (Å²) >= 11 is 7.37. The fourth-order valence-electron chi connectivity index (χ4n) is 2.20. The highest BCUT2D eigenvalue weighted by Crippen LogP contribution is 2.41. The molecule has 1 N–H and O–H groups in total. The second-order valence-electron chi connectivity index (χ2n) is 5.00. The van der Waals surface area contributed by atoms with Gasteiger partial charge in [-0.3, -0.25) is 4.79 Å². The van der Waals surface area contributed by atoms with Crippen molar-refractivity contribution in [2.45, 2.75) is 34.7 Å². The molecule has 0 saturated heterocycles. The van der Waals surface area contributed by atoms with Crippen LogP contribution in [0.5, 0.6) is 0 Å². The number of benzene rings is 1. The highest BCUT2D eigenvalue weighted by atomic mass is 35.5. The van der Waals surface area contributed by atoms with Crippen molar-refractivity contribution in [1.82, 2.24) is 14.3 Å². The van der Waals surface area contributed by atoms with E-state index < -0.39 is 10.0 Å². The summed E-state index contributed by atoms with van der Waals surface area (Å²) in [7, 11) is -3.76. The molecule has 1 aliphatic heterocycles. The molecule has 0 spiro atoms. The Morgan fingerprint density at radius 1 is 1.43 bits per heavy atom. The van der Waals surface area contributed by atoms with Gasteiger partial charge in [0.15, 0.2) is 5.16 Å². The van der Waals surface area contributed by atoms with E-state index in [-0.39, 0.29) is 21.4 Å². The van der Waals surface area contributed by atoms with Crippen LogP contribution in [0.2, 0.25) is 5.02 Å². The summed E-state index contributed by atoms with van der Waals surface area (Å²) in [4.78, 5) is 16.8. The van der Waals surface area contributed by atoms with Crippen LogP contribution in [0.3, 0.4) is 0 Å². The monoisotopic (exact) mass is 371 g/mol. The number of aromatic nitrogens is 2. The van der Waals surface area contributed by atoms with Gasteiger partial charge in [-0.1, -0.05) is 24.9 Å². The Morgan fingerprint density at radius 3 is 2.96 bits per heavy atom. The highest BCUT2D eigenvalue weighted by molar-refractivity contribution is 8.01. The van der Waals surface area contributed by atoms with E-state index in [4.69, 9.17) is 11.6 Å². The van der Waals surface area contributed by atoms with E-state index in [0.29, 0.717) is 16.6 Å². The van der Waals surface area contributed by atoms with Crippen LogP contribution in [0.25, 0.3) is 0 Å². The van der Waals surface area contributed by atoms with Gasteiger partial charge in [-0.15, -0.1) is 0 Å². The lowest BCUT2D eigenvalue weighted by atomic mass is 10.2. The van der Waals surface area contributed by atoms with Gasteiger partial charge in [-0.2, -0.15) is 0 Å². The zero-order valence-corrected chi connectivity index (χ0v) is 14.6. The van der Waals surface area contributed by atoms with Crippen molar-refractivity contribution in [2.24, 2.45) is 0 Å². The van der Waals surface area contributed by atoms with Crippen LogP contribution >= 0.6 is 23.4 Å². The Hall–Kier alpha value is -1.51. The number of hydrogen-bond acceptors (Lipinski definition) is 5. The maximum Gasteiger partial charge on any atom is 0.270 e. The SMILES string of the molecule is CCCCNC(=O)c1cc2c(cc1Cl)Sc1nccn1S2(=O)=O. The van der Waals surface area contributed by atoms with Crippen molar-refractivity contribution in [3.63, 3.8) is 0 Å². The van der Waals surface area contributed by atoms with E-state index in [1.165, 1.54) is 36.3 Å². The lowest BCUT2D eigenvalue weighted by Crippen LogP contribution is -2.26. The number of nitrogens with one attached hydrogen (secondary N) is 1. The van der Waals surface area contributed by atoms with Crippen LogP contribution in [-0.4, -0.2) is 29.8 Å². The molecule has 1 aliphatic rings. The van der Waals surface area contributed by atoms with Gasteiger partial charge >= 0.3 is 0 Å². The third kappa shape index (κ3) is 2.86. The molecule has 23 heavy (non-hydrogen) atoms. The first kappa shape index (κ1) is 16.4. The number of nitrogens with zero attached hydrogens (tertiary/aromatic N) is 2. The van der Waals surface area contributed by atoms with Crippen molar-refractivity contribution in [3.05, 3.63) is 35.1 Å². The zero-order chi connectivity index (χ0) is 16.6. The van der Waals surface area contributed by atoms with Crippen molar-refractivity contribution in [3.8, 4) is 0 Å². The molecule has 1 aromatic carbocycles. The molecular weight excluding hydrogens is 358 g/mol. The van der Waals surface area contributed by atoms with Gasteiger partial charge in [0.25, 0.3) is 15.9 Å². The molecule has 0 atom stereocenters. The number of carbonyl (C=O) groups is 1. The first-order valence-electron chi connectivity index (χ1n) is 7.03. The molecular formula is C14H14ClN3O3S2. The van der Waals surface area contributed by atoms with Crippen LogP contribution < -0.4 is 5.32 Å². The number of fused-ring (bicyclic) bond motifs is 2. The maximum atomic E-state index is 12.6. The summed E-state index contributed by atoms with van der Waals surface area (Å²) in [5.74, 6) is -0.372. The molecule has 9 heteroatoms. The molecule has 0 aliphatic carbocycles. The van der Waals surface area contributed by atoms with Crippen molar-refractivity contribution < 1.29 is 13.2 Å². The predicted molar refractivity (Wildman–Crippen MR) is 87.6 cm³/mol. The lowest BCUT2D eigenvalue weighted by molar-refractivity contribution is 0.0953. The number of rotatable bonds is 4. The number of amides is 1. The summed E-state index contributed by atoms with van der Waals surface area (Å²) in [5.41, 5.74) is 0.161. The van der Waals surface area contributed by atoms with E-state index in [1.807, 2.05) is 6.92 Å². The Kier molecular flexibility index (Phi) is 4.39. The molecule has 0 bridgehead atoms. The highest BCUT2D eigenvalue weighted by Gasteiger charge is 2.31. The first-order valence-corrected chi connectivity index (χ1v) is 9.67. The minimum absolute atomic E-state index is 0.0676. The molecule has 2 heterocycles. The van der Waals surface area contributed by atoms with E-state index in [1.54, 1.807) is 0 Å². The summed E-state index contributed by atoms with van der Waals surface area (Å²) in [6, 6.07) is 2.84. The molecule has 3 rings (SSSR count). The van der Waals surface area contributed by atoms with Gasteiger partial charge in [-0.05, 0) is 30.3 Å². The summed E-state index contributed by atoms with van der Waals surface area (Å²) < 4.78 is 26.4. The van der Waals surface area contributed by atoms with Crippen LogP contribution in [0.4, 0.5) is 0 Å². The number of carbonyl (C=O) groups excluding carboxylic acids is 1. The van der Waals surface area contributed by atoms with Crippen LogP contribution in [0.15, 0.2) is 39.5 Å². The average Bonchev–Trinajstić information content (AvgIpc) is 2.96. The quantitative estimate of drug-likeness (QED) is 0.713. The normalized spacial score (nSPS) is 14.9. The molecule has 2 aromatic rings. The molecule has 0 saturated carbocycles. The van der Waals surface area contributed by atoms with Gasteiger partial charge in [0.1, 0.15) is 4.90 Å². The predicted octanol–water partition coefficient (Wildman–Crippen LogP) is 2.77. The number of halogens is 1. The Morgan fingerprint density at radius 2 is 2.22 bits per heavy atom. The fourth-order valence-corrected chi connectivity index (χ4v) is 5.42. The largest absolute Gasteiger partial charge is 0.352 e. The van der Waals surface area contributed by atoms with Gasteiger partial charge in [-0.25, -0.2) is 17.4 Å². The molecule has 0 fully saturated rings. The van der Waals surface area contributed by atoms with Gasteiger partial charge in [0, 0.05) is 23.8 Å². The summed E-state index contributed by atoms with van der Waals surface area (Å²) in [6.45, 7) is 2.54. The van der Waals surface area contributed by atoms with E-state index in [2.05, 4.69) is 10.3 Å². The third-order valence-electron chi connectivity index (χ3n) is 3.41. The maximum absolute atomic E-state index is 12.6. The van der Waals surface area contributed by atoms with E-state index >= 15 is 0 Å². The number of hydrogen-bond donors (Lipinski definition) is 1. The summed E-state index contributed by atoms with van der Waals surface area (Å²) in [5, 5.41) is 3.32. The van der Waals surface area contributed by atoms with Crippen molar-refractivity contribution in [2.75, 3.05) is 6.54 Å². The van der Waals surface area contributed by atoms with Gasteiger partial charge in [0.2, 0.25) is 0 Å². The van der Waals surface area contributed by atoms with E-state index in [9.17, 15) is 13.2 Å². The minimum atomic E-state index is -3.76. The van der Waals surface area contributed by atoms with Crippen LogP contribution in [-0.2, 0) is 10.0 Å². The van der Waals surface area contributed by atoms with Gasteiger partial charge < -0.3 is 5.32 Å². The first-order chi connectivity index (χ1) is 10.9. The second-order valence-corrected chi connectivity index (χ2v) is 8.20. The van der Waals surface area contributed by atoms with Crippen molar-refractivity contribution in [1.29, 1.82) is 0 Å². The standard InChI is InChI=1S/C14H14ClN3O3S2/c1-2-3-4-16-13(19)9-7-12-11(8-10(9)15)22-14-17-5-6-18(14)23(12,20)21/h5-8H,2-4H2,1H3,(H,16,19). The second kappa shape index (κ2) is 6.18. The molecule has 122 valence electrons.